The molecule has 1 aromatic rings. The number of hydrogen-bond acceptors (Lipinski definition) is 6. The highest BCUT2D eigenvalue weighted by Crippen LogP contribution is 2.60. The summed E-state index contributed by atoms with van der Waals surface area (Å²) in [6.45, 7) is 24.4. The second-order valence-corrected chi connectivity index (χ2v) is 13.8. The van der Waals surface area contributed by atoms with E-state index in [1.54, 1.807) is 0 Å². The third-order valence-corrected chi connectivity index (χ3v) is 6.47. The fourth-order valence-corrected chi connectivity index (χ4v) is 4.17. The quantitative estimate of drug-likeness (QED) is 0.248. The number of carbonyl (C=O) groups excluding carboxylic acids is 1. The lowest BCUT2D eigenvalue weighted by molar-refractivity contribution is -0.399. The molecule has 6 heteroatoms. The number of rotatable bonds is 3. The van der Waals surface area contributed by atoms with Gasteiger partial charge in [0, 0.05) is 27.7 Å². The van der Waals surface area contributed by atoms with Gasteiger partial charge in [-0.15, -0.1) is 0 Å². The highest BCUT2D eigenvalue weighted by Gasteiger charge is 2.68. The smallest absolute Gasteiger partial charge is 0.371 e. The number of allylic oxidation sites excluding steroid dienone is 2. The Morgan fingerprint density at radius 1 is 0.833 bits per heavy atom. The van der Waals surface area contributed by atoms with Gasteiger partial charge in [0.05, 0.1) is 6.21 Å². The Morgan fingerprint density at radius 2 is 1.42 bits per heavy atom. The summed E-state index contributed by atoms with van der Waals surface area (Å²) >= 11 is 0. The predicted molar refractivity (Wildman–Crippen MR) is 142 cm³/mol. The molecule has 2 aliphatic rings. The van der Waals surface area contributed by atoms with Crippen LogP contribution in [0.2, 0.25) is 0 Å². The number of fused-ring (bicyclic) bond motifs is 2. The molecule has 0 aliphatic carbocycles. The molecule has 0 fully saturated rings. The van der Waals surface area contributed by atoms with Crippen molar-refractivity contribution in [1.82, 2.24) is 0 Å². The third-order valence-electron chi connectivity index (χ3n) is 6.47. The van der Waals surface area contributed by atoms with Crippen LogP contribution in [0.25, 0.3) is 0 Å². The molecule has 0 saturated heterocycles. The van der Waals surface area contributed by atoms with Crippen molar-refractivity contribution in [3.05, 3.63) is 59.1 Å². The molecule has 0 radical (unpaired) electrons. The van der Waals surface area contributed by atoms with Gasteiger partial charge in [-0.05, 0) is 5.56 Å². The number of carbonyl (C=O) groups is 1. The summed E-state index contributed by atoms with van der Waals surface area (Å²) < 4.78 is 20.4. The molecule has 2 unspecified atom stereocenters. The van der Waals surface area contributed by atoms with Crippen molar-refractivity contribution in [1.29, 1.82) is 0 Å². The second kappa shape index (κ2) is 8.76. The molecule has 2 heterocycles. The van der Waals surface area contributed by atoms with Gasteiger partial charge in [-0.3, -0.25) is 4.74 Å². The maximum absolute atomic E-state index is 13.9. The fraction of sp³-hybridized carbons (Fsp3) is 0.600. The van der Waals surface area contributed by atoms with E-state index < -0.39 is 33.8 Å². The fourth-order valence-electron chi connectivity index (χ4n) is 4.17. The van der Waals surface area contributed by atoms with E-state index >= 15 is 0 Å². The number of nitrogens with zero attached hydrogens (tertiary/aromatic N) is 1. The first-order chi connectivity index (χ1) is 16.2. The van der Waals surface area contributed by atoms with Gasteiger partial charge in [0.2, 0.25) is 5.79 Å². The summed E-state index contributed by atoms with van der Waals surface area (Å²) in [5.41, 5.74) is -1.06. The average molecular weight is 498 g/mol. The van der Waals surface area contributed by atoms with Gasteiger partial charge in [0.1, 0.15) is 17.1 Å². The molecule has 6 nitrogen and oxygen atoms in total. The molecule has 2 bridgehead atoms. The van der Waals surface area contributed by atoms with Crippen LogP contribution in [0.3, 0.4) is 0 Å². The van der Waals surface area contributed by atoms with Crippen LogP contribution in [-0.4, -0.2) is 23.8 Å². The Balaban J connectivity index is 2.26. The van der Waals surface area contributed by atoms with Crippen LogP contribution in [-0.2, 0) is 23.8 Å². The summed E-state index contributed by atoms with van der Waals surface area (Å²) in [5, 5.41) is 4.00. The molecule has 36 heavy (non-hydrogen) atoms. The molecule has 3 rings (SSSR count). The summed E-state index contributed by atoms with van der Waals surface area (Å²) in [4.78, 5) is 19.3. The molecule has 2 aliphatic heterocycles. The zero-order valence-corrected chi connectivity index (χ0v) is 24.0. The Hall–Kier alpha value is -2.60. The van der Waals surface area contributed by atoms with Crippen molar-refractivity contribution < 1.29 is 23.8 Å². The van der Waals surface area contributed by atoms with E-state index in [-0.39, 0.29) is 11.0 Å². The monoisotopic (exact) mass is 497 g/mol. The van der Waals surface area contributed by atoms with Gasteiger partial charge in [-0.1, -0.05) is 119 Å². The van der Waals surface area contributed by atoms with Crippen LogP contribution in [0.15, 0.2) is 58.7 Å². The highest BCUT2D eigenvalue weighted by atomic mass is 16.8. The van der Waals surface area contributed by atoms with E-state index in [0.717, 1.165) is 5.56 Å². The van der Waals surface area contributed by atoms with E-state index in [1.807, 2.05) is 78.0 Å². The molecule has 0 saturated carbocycles. The maximum Gasteiger partial charge on any atom is 0.371 e. The number of oxime groups is 1. The van der Waals surface area contributed by atoms with Gasteiger partial charge >= 0.3 is 5.97 Å². The summed E-state index contributed by atoms with van der Waals surface area (Å²) in [7, 11) is 0. The summed E-state index contributed by atoms with van der Waals surface area (Å²) in [6.07, 6.45) is 3.45. The topological polar surface area (TPSA) is 66.4 Å². The second-order valence-electron chi connectivity index (χ2n) is 13.8. The first-order valence-electron chi connectivity index (χ1n) is 12.6. The minimum atomic E-state index is -1.47. The number of benzene rings is 1. The van der Waals surface area contributed by atoms with E-state index in [4.69, 9.17) is 19.0 Å². The first kappa shape index (κ1) is 28.0. The summed E-state index contributed by atoms with van der Waals surface area (Å²) in [6, 6.07) is 9.45. The first-order valence-corrected chi connectivity index (χ1v) is 12.6. The third kappa shape index (κ3) is 4.97. The van der Waals surface area contributed by atoms with E-state index in [9.17, 15) is 4.79 Å². The van der Waals surface area contributed by atoms with Gasteiger partial charge in [-0.2, -0.15) is 0 Å². The Bertz CT molecular complexity index is 1090. The Morgan fingerprint density at radius 3 is 1.89 bits per heavy atom. The highest BCUT2D eigenvalue weighted by molar-refractivity contribution is 5.92. The molecular weight excluding hydrogens is 454 g/mol. The van der Waals surface area contributed by atoms with Crippen molar-refractivity contribution in [3.8, 4) is 0 Å². The predicted octanol–water partition coefficient (Wildman–Crippen LogP) is 7.36. The largest absolute Gasteiger partial charge is 0.461 e. The van der Waals surface area contributed by atoms with E-state index in [0.29, 0.717) is 11.5 Å². The van der Waals surface area contributed by atoms with Crippen molar-refractivity contribution >= 4 is 12.2 Å². The maximum atomic E-state index is 13.9. The van der Waals surface area contributed by atoms with Gasteiger partial charge in [0.15, 0.2) is 0 Å². The molecule has 2 atom stereocenters. The van der Waals surface area contributed by atoms with Crippen molar-refractivity contribution in [2.45, 2.75) is 94.7 Å². The summed E-state index contributed by atoms with van der Waals surface area (Å²) in [5.74, 6) is -2.13. The lowest BCUT2D eigenvalue weighted by atomic mass is 9.72. The number of ether oxygens (including phenoxy) is 3. The lowest BCUT2D eigenvalue weighted by Crippen LogP contribution is -2.66. The molecule has 0 spiro atoms. The SMILES string of the molecule is CC(C)(C)C1=CC2(C(C)(C)C)OC(C(C)(C)C)=C(C(=O)O/N=C/c3ccccc3)C(C(C)(C)C)(O1)O2. The minimum Gasteiger partial charge on any atom is -0.461 e. The Labute approximate surface area is 216 Å². The van der Waals surface area contributed by atoms with Crippen LogP contribution < -0.4 is 0 Å². The van der Waals surface area contributed by atoms with Crippen LogP contribution in [0.5, 0.6) is 0 Å². The van der Waals surface area contributed by atoms with E-state index in [1.165, 1.54) is 6.21 Å². The average Bonchev–Trinajstić information content (AvgIpc) is 2.71. The zero-order valence-electron chi connectivity index (χ0n) is 24.0. The molecule has 198 valence electrons. The van der Waals surface area contributed by atoms with E-state index in [2.05, 4.69) is 46.7 Å². The molecule has 1 aromatic carbocycles. The van der Waals surface area contributed by atoms with Gasteiger partial charge in [-0.25, -0.2) is 4.79 Å². The lowest BCUT2D eigenvalue weighted by Gasteiger charge is -2.60. The van der Waals surface area contributed by atoms with Gasteiger partial charge < -0.3 is 14.3 Å². The van der Waals surface area contributed by atoms with Crippen molar-refractivity contribution in [3.63, 3.8) is 0 Å². The standard InChI is InChI=1S/C30H43NO5/c1-25(2,3)21-18-29(27(7,8)9)34-23(26(4,5)6)22(30(33-21,36-29)28(10,11)12)24(32)35-31-19-20-16-14-13-15-17-20/h13-19H,1-12H3/b31-19+. The van der Waals surface area contributed by atoms with Crippen LogP contribution >= 0.6 is 0 Å². The molecule has 0 N–H and O–H groups in total. The normalized spacial score (nSPS) is 25.3. The van der Waals surface area contributed by atoms with Crippen LogP contribution in [0.4, 0.5) is 0 Å². The number of hydrogen-bond donors (Lipinski definition) is 0. The van der Waals surface area contributed by atoms with Crippen molar-refractivity contribution in [2.24, 2.45) is 26.8 Å². The van der Waals surface area contributed by atoms with Crippen LogP contribution in [0, 0.1) is 21.7 Å². The van der Waals surface area contributed by atoms with Crippen molar-refractivity contribution in [2.75, 3.05) is 0 Å². The molecule has 0 aromatic heterocycles. The zero-order chi connectivity index (χ0) is 27.4. The van der Waals surface area contributed by atoms with Gasteiger partial charge in [0.25, 0.3) is 5.79 Å². The minimum absolute atomic E-state index is 0.197. The molecular formula is C30H43NO5. The van der Waals surface area contributed by atoms with Crippen LogP contribution in [0.1, 0.15) is 88.6 Å². The molecule has 0 amide bonds. The Kier molecular flexibility index (Phi) is 6.81.